The Balaban J connectivity index is 0.00000529. The molecular formula is C33H35CaF3N2O5. The van der Waals surface area contributed by atoms with Crippen LogP contribution >= 0.6 is 0 Å². The van der Waals surface area contributed by atoms with Crippen molar-refractivity contribution in [3.05, 3.63) is 102 Å². The average Bonchev–Trinajstić information content (AvgIpc) is 3.29. The van der Waals surface area contributed by atoms with Crippen molar-refractivity contribution >= 4 is 55.3 Å². The summed E-state index contributed by atoms with van der Waals surface area (Å²) in [5.74, 6) is -4.30. The van der Waals surface area contributed by atoms with Crippen molar-refractivity contribution in [3.63, 3.8) is 0 Å². The molecule has 0 spiro atoms. The van der Waals surface area contributed by atoms with Gasteiger partial charge >= 0.3 is 43.7 Å². The summed E-state index contributed by atoms with van der Waals surface area (Å²) >= 11 is 0. The first-order valence-corrected chi connectivity index (χ1v) is 13.9. The van der Waals surface area contributed by atoms with E-state index in [2.05, 4.69) is 5.32 Å². The fourth-order valence-electron chi connectivity index (χ4n) is 5.26. The van der Waals surface area contributed by atoms with Crippen molar-refractivity contribution in [2.45, 2.75) is 57.8 Å². The molecule has 0 unspecified atom stereocenters. The number of benzene rings is 3. The minimum atomic E-state index is -1.25. The molecule has 11 heteroatoms. The van der Waals surface area contributed by atoms with Crippen LogP contribution in [0.3, 0.4) is 0 Å². The van der Waals surface area contributed by atoms with E-state index in [9.17, 15) is 33.0 Å². The molecule has 4 aromatic rings. The Morgan fingerprint density at radius 1 is 0.864 bits per heavy atom. The second-order valence-corrected chi connectivity index (χ2v) is 10.7. The molecule has 0 aliphatic rings. The minimum absolute atomic E-state index is 0. The number of carboxylic acids is 1. The van der Waals surface area contributed by atoms with E-state index < -0.39 is 48.0 Å². The molecule has 230 valence electrons. The van der Waals surface area contributed by atoms with Gasteiger partial charge in [0.05, 0.1) is 35.6 Å². The van der Waals surface area contributed by atoms with Gasteiger partial charge < -0.3 is 25.2 Å². The Bertz CT molecular complexity index is 1590. The molecule has 0 saturated carbocycles. The molecule has 2 atom stereocenters. The summed E-state index contributed by atoms with van der Waals surface area (Å²) in [5, 5.41) is 32.3. The van der Waals surface area contributed by atoms with Crippen molar-refractivity contribution in [1.82, 2.24) is 4.57 Å². The zero-order chi connectivity index (χ0) is 31.3. The third kappa shape index (κ3) is 8.51. The summed E-state index contributed by atoms with van der Waals surface area (Å²) in [4.78, 5) is 25.0. The Morgan fingerprint density at radius 3 is 2.09 bits per heavy atom. The van der Waals surface area contributed by atoms with Gasteiger partial charge in [-0.1, -0.05) is 44.2 Å². The fourth-order valence-corrected chi connectivity index (χ4v) is 5.26. The van der Waals surface area contributed by atoms with Crippen LogP contribution in [-0.2, 0) is 11.3 Å². The van der Waals surface area contributed by atoms with E-state index in [-0.39, 0.29) is 74.3 Å². The Labute approximate surface area is 283 Å². The summed E-state index contributed by atoms with van der Waals surface area (Å²) in [5.41, 5.74) is 2.86. The Morgan fingerprint density at radius 2 is 1.50 bits per heavy atom. The fraction of sp³-hybridized carbons (Fsp3) is 0.273. The number of carbonyl (C=O) groups is 2. The van der Waals surface area contributed by atoms with Crippen LogP contribution in [0.4, 0.5) is 18.9 Å². The molecule has 4 N–H and O–H groups in total. The van der Waals surface area contributed by atoms with Crippen LogP contribution in [0.15, 0.2) is 72.8 Å². The van der Waals surface area contributed by atoms with Gasteiger partial charge in [-0.3, -0.25) is 9.59 Å². The van der Waals surface area contributed by atoms with Crippen LogP contribution in [0.25, 0.3) is 22.4 Å². The first-order valence-electron chi connectivity index (χ1n) is 13.9. The molecule has 0 aliphatic carbocycles. The Kier molecular flexibility index (Phi) is 12.6. The van der Waals surface area contributed by atoms with Crippen LogP contribution in [0.1, 0.15) is 55.1 Å². The number of hydrogen-bond donors (Lipinski definition) is 4. The van der Waals surface area contributed by atoms with Crippen molar-refractivity contribution in [2.75, 3.05) is 5.32 Å². The molecule has 0 saturated heterocycles. The molecule has 1 amide bonds. The first kappa shape index (κ1) is 35.3. The molecule has 1 heterocycles. The number of aliphatic carboxylic acids is 1. The quantitative estimate of drug-likeness (QED) is 0.150. The molecule has 0 bridgehead atoms. The average molecular weight is 637 g/mol. The second kappa shape index (κ2) is 15.7. The number of aliphatic hydroxyl groups is 2. The molecule has 7 nitrogen and oxygen atoms in total. The number of carboxylic acid groups (broad SMARTS) is 1. The van der Waals surface area contributed by atoms with Crippen molar-refractivity contribution in [2.24, 2.45) is 0 Å². The number of rotatable bonds is 12. The van der Waals surface area contributed by atoms with Crippen LogP contribution in [0, 0.1) is 17.5 Å². The van der Waals surface area contributed by atoms with Gasteiger partial charge in [-0.2, -0.15) is 0 Å². The van der Waals surface area contributed by atoms with Crippen LogP contribution < -0.4 is 5.32 Å². The molecule has 3 aromatic carbocycles. The number of amides is 1. The zero-order valence-corrected chi connectivity index (χ0v) is 23.7. The summed E-state index contributed by atoms with van der Waals surface area (Å²) in [7, 11) is 0. The Hall–Kier alpha value is -3.15. The summed E-state index contributed by atoms with van der Waals surface area (Å²) in [6.45, 7) is 3.90. The number of carbonyl (C=O) groups excluding carboxylic acids is 1. The third-order valence-corrected chi connectivity index (χ3v) is 7.08. The normalized spacial score (nSPS) is 12.5. The molecule has 1 aromatic heterocycles. The van der Waals surface area contributed by atoms with Gasteiger partial charge in [-0.25, -0.2) is 13.2 Å². The molecule has 0 radical (unpaired) electrons. The van der Waals surface area contributed by atoms with Gasteiger partial charge in [0.15, 0.2) is 0 Å². The summed E-state index contributed by atoms with van der Waals surface area (Å²) < 4.78 is 44.0. The standard InChI is InChI=1S/C33H33F3N2O5.Ca.2H/c1-19(2)31-30(33(43)37-27-13-12-23(35)16-26(27)36)29(20-6-4-3-5-7-20)32(21-8-10-22(34)11-9-21)38(31)15-14-24(39)17-25(40)18-28(41)42;;;/h3-13,16,19,24-25,39-40H,14-15,17-18H2,1-2H3,(H,37,43)(H,41,42);;;/t24-,25-;;;/m1.../s1. The second-order valence-electron chi connectivity index (χ2n) is 10.7. The van der Waals surface area contributed by atoms with Gasteiger partial charge in [-0.15, -0.1) is 0 Å². The number of nitrogens with one attached hydrogen (secondary N) is 1. The third-order valence-electron chi connectivity index (χ3n) is 7.08. The van der Waals surface area contributed by atoms with Gasteiger partial charge in [0.25, 0.3) is 5.91 Å². The van der Waals surface area contributed by atoms with Gasteiger partial charge in [0.2, 0.25) is 0 Å². The maximum absolute atomic E-state index is 14.6. The van der Waals surface area contributed by atoms with Crippen molar-refractivity contribution in [1.29, 1.82) is 0 Å². The van der Waals surface area contributed by atoms with E-state index in [1.54, 1.807) is 24.3 Å². The summed E-state index contributed by atoms with van der Waals surface area (Å²) in [6, 6.07) is 17.6. The SMILES string of the molecule is CC(C)c1c(C(=O)Nc2ccc(F)cc2F)c(-c2ccccc2)c(-c2ccc(F)cc2)n1CC[C@@H](O)C[C@@H](O)CC(=O)O.[CaH2]. The summed E-state index contributed by atoms with van der Waals surface area (Å²) in [6.07, 6.45) is -2.89. The molecule has 4 rings (SSSR count). The molecular weight excluding hydrogens is 601 g/mol. The van der Waals surface area contributed by atoms with Gasteiger partial charge in [-0.05, 0) is 66.3 Å². The number of halogens is 3. The zero-order valence-electron chi connectivity index (χ0n) is 23.7. The van der Waals surface area contributed by atoms with Gasteiger partial charge in [0.1, 0.15) is 17.5 Å². The molecule has 0 fully saturated rings. The van der Waals surface area contributed by atoms with Crippen LogP contribution in [0.5, 0.6) is 0 Å². The van der Waals surface area contributed by atoms with Crippen LogP contribution in [-0.4, -0.2) is 81.7 Å². The van der Waals surface area contributed by atoms with Crippen molar-refractivity contribution in [3.8, 4) is 22.4 Å². The topological polar surface area (TPSA) is 112 Å². The van der Waals surface area contributed by atoms with E-state index in [1.165, 1.54) is 12.1 Å². The first-order chi connectivity index (χ1) is 20.5. The van der Waals surface area contributed by atoms with E-state index in [0.717, 1.165) is 12.1 Å². The van der Waals surface area contributed by atoms with E-state index in [4.69, 9.17) is 5.11 Å². The molecule has 44 heavy (non-hydrogen) atoms. The van der Waals surface area contributed by atoms with E-state index in [1.807, 2.05) is 36.6 Å². The number of aliphatic hydroxyl groups excluding tert-OH is 2. The van der Waals surface area contributed by atoms with Gasteiger partial charge in [0, 0.05) is 23.9 Å². The van der Waals surface area contributed by atoms with Crippen molar-refractivity contribution < 1.29 is 38.1 Å². The molecule has 0 aliphatic heterocycles. The number of hydrogen-bond acceptors (Lipinski definition) is 4. The predicted molar refractivity (Wildman–Crippen MR) is 166 cm³/mol. The predicted octanol–water partition coefficient (Wildman–Crippen LogP) is 5.68. The monoisotopic (exact) mass is 636 g/mol. The van der Waals surface area contributed by atoms with Crippen LogP contribution in [0.2, 0.25) is 0 Å². The van der Waals surface area contributed by atoms with E-state index in [0.29, 0.717) is 34.1 Å². The number of nitrogens with zero attached hydrogens (tertiary/aromatic N) is 1. The number of anilines is 1. The number of aromatic nitrogens is 1. The van der Waals surface area contributed by atoms with E-state index >= 15 is 0 Å². The maximum atomic E-state index is 14.6.